The predicted octanol–water partition coefficient (Wildman–Crippen LogP) is 4.07. The molecule has 0 spiro atoms. The Labute approximate surface area is 95.2 Å². The summed E-state index contributed by atoms with van der Waals surface area (Å²) in [5.74, 6) is 1.50. The van der Waals surface area contributed by atoms with Crippen molar-refractivity contribution >= 4 is 27.4 Å². The fourth-order valence-corrected chi connectivity index (χ4v) is 4.36. The molecule has 0 saturated carbocycles. The van der Waals surface area contributed by atoms with E-state index in [9.17, 15) is 4.79 Å². The second kappa shape index (κ2) is 7.63. The Balaban J connectivity index is 2.12. The fraction of sp³-hybridized carbons (Fsp3) is 0.909. The third-order valence-corrected chi connectivity index (χ3v) is 5.41. The van der Waals surface area contributed by atoms with Gasteiger partial charge in [0.25, 0.3) is 0 Å². The number of carbonyl (C=O) groups excluding carboxylic acids is 1. The molecule has 14 heavy (non-hydrogen) atoms. The molecule has 1 fully saturated rings. The molecule has 0 bridgehead atoms. The maximum Gasteiger partial charge on any atom is 0.134 e. The van der Waals surface area contributed by atoms with Gasteiger partial charge in [-0.05, 0) is 6.42 Å². The zero-order valence-corrected chi connectivity index (χ0v) is 10.6. The topological polar surface area (TPSA) is 17.1 Å². The van der Waals surface area contributed by atoms with Crippen LogP contribution >= 0.6 is 21.6 Å². The summed E-state index contributed by atoms with van der Waals surface area (Å²) in [6, 6.07) is 0. The van der Waals surface area contributed by atoms with Crippen LogP contribution in [0.4, 0.5) is 0 Å². The summed E-state index contributed by atoms with van der Waals surface area (Å²) in [7, 11) is 3.83. The fourth-order valence-electron chi connectivity index (χ4n) is 1.64. The number of carbonyl (C=O) groups is 1. The van der Waals surface area contributed by atoms with Gasteiger partial charge >= 0.3 is 0 Å². The van der Waals surface area contributed by atoms with Crippen LogP contribution in [0.5, 0.6) is 0 Å². The molecular formula is C11H20OS2. The number of ketones is 1. The normalized spacial score (nSPS) is 23.5. The maximum absolute atomic E-state index is 11.4. The van der Waals surface area contributed by atoms with Gasteiger partial charge in [-0.3, -0.25) is 4.79 Å². The molecule has 1 atom stereocenters. The van der Waals surface area contributed by atoms with Crippen LogP contribution in [-0.2, 0) is 4.79 Å². The number of Topliss-reactive ketones (excluding diaryl/α,β-unsaturated/α-hetero) is 1. The van der Waals surface area contributed by atoms with Crippen molar-refractivity contribution in [3.05, 3.63) is 0 Å². The lowest BCUT2D eigenvalue weighted by atomic mass is 10.1. The van der Waals surface area contributed by atoms with Gasteiger partial charge in [0.15, 0.2) is 0 Å². The van der Waals surface area contributed by atoms with Gasteiger partial charge < -0.3 is 0 Å². The first-order valence-corrected chi connectivity index (χ1v) is 8.01. The molecule has 0 aromatic rings. The van der Waals surface area contributed by atoms with Crippen LogP contribution in [0.2, 0.25) is 0 Å². The van der Waals surface area contributed by atoms with Crippen molar-refractivity contribution < 1.29 is 4.79 Å². The summed E-state index contributed by atoms with van der Waals surface area (Å²) in [5.41, 5.74) is 0. The molecular weight excluding hydrogens is 212 g/mol. The second-order valence-electron chi connectivity index (χ2n) is 3.88. The average Bonchev–Trinajstić information content (AvgIpc) is 2.38. The molecule has 82 valence electrons. The Kier molecular flexibility index (Phi) is 6.78. The van der Waals surface area contributed by atoms with E-state index in [1.165, 1.54) is 32.1 Å². The molecule has 1 nitrogen and oxygen atoms in total. The van der Waals surface area contributed by atoms with E-state index in [0.29, 0.717) is 11.0 Å². The Morgan fingerprint density at radius 3 is 3.00 bits per heavy atom. The van der Waals surface area contributed by atoms with Crippen LogP contribution in [0.25, 0.3) is 0 Å². The highest BCUT2D eigenvalue weighted by Crippen LogP contribution is 2.35. The highest BCUT2D eigenvalue weighted by Gasteiger charge is 2.18. The number of rotatable bonds is 5. The van der Waals surface area contributed by atoms with Crippen molar-refractivity contribution in [2.24, 2.45) is 0 Å². The highest BCUT2D eigenvalue weighted by molar-refractivity contribution is 8.77. The van der Waals surface area contributed by atoms with Crippen LogP contribution < -0.4 is 0 Å². The molecule has 0 amide bonds. The largest absolute Gasteiger partial charge is 0.300 e. The number of unbranched alkanes of at least 4 members (excludes halogenated alkanes) is 3. The molecule has 0 N–H and O–H groups in total. The molecule has 1 aliphatic rings. The maximum atomic E-state index is 11.4. The number of hydrogen-bond donors (Lipinski definition) is 0. The van der Waals surface area contributed by atoms with Crippen LogP contribution in [0.3, 0.4) is 0 Å². The van der Waals surface area contributed by atoms with Gasteiger partial charge in [0.1, 0.15) is 5.78 Å². The zero-order chi connectivity index (χ0) is 10.2. The Morgan fingerprint density at radius 2 is 2.21 bits per heavy atom. The summed E-state index contributed by atoms with van der Waals surface area (Å²) in [4.78, 5) is 11.4. The summed E-state index contributed by atoms with van der Waals surface area (Å²) in [6.07, 6.45) is 8.14. The first kappa shape index (κ1) is 12.4. The van der Waals surface area contributed by atoms with Crippen molar-refractivity contribution in [1.82, 2.24) is 0 Å². The van der Waals surface area contributed by atoms with Gasteiger partial charge in [-0.15, -0.1) is 0 Å². The average molecular weight is 232 g/mol. The SMILES string of the molecule is CCCCCC[C@H]1CC(=O)CCSS1. The van der Waals surface area contributed by atoms with Gasteiger partial charge in [0.05, 0.1) is 0 Å². The molecule has 1 rings (SSSR count). The lowest BCUT2D eigenvalue weighted by Crippen LogP contribution is -2.07. The van der Waals surface area contributed by atoms with Crippen LogP contribution in [-0.4, -0.2) is 16.8 Å². The second-order valence-corrected chi connectivity index (χ2v) is 6.67. The molecule has 0 aromatic heterocycles. The van der Waals surface area contributed by atoms with Crippen molar-refractivity contribution in [2.75, 3.05) is 5.75 Å². The highest BCUT2D eigenvalue weighted by atomic mass is 33.1. The summed E-state index contributed by atoms with van der Waals surface area (Å²) in [6.45, 7) is 2.24. The van der Waals surface area contributed by atoms with E-state index in [1.807, 2.05) is 21.6 Å². The van der Waals surface area contributed by atoms with Crippen LogP contribution in [0.1, 0.15) is 51.9 Å². The van der Waals surface area contributed by atoms with Gasteiger partial charge in [0, 0.05) is 23.8 Å². The van der Waals surface area contributed by atoms with E-state index in [0.717, 1.165) is 18.6 Å². The van der Waals surface area contributed by atoms with Gasteiger partial charge in [0.2, 0.25) is 0 Å². The monoisotopic (exact) mass is 232 g/mol. The number of hydrogen-bond acceptors (Lipinski definition) is 3. The minimum atomic E-state index is 0.475. The van der Waals surface area contributed by atoms with E-state index in [2.05, 4.69) is 6.92 Å². The smallest absolute Gasteiger partial charge is 0.134 e. The molecule has 1 heterocycles. The van der Waals surface area contributed by atoms with Gasteiger partial charge in [-0.25, -0.2) is 0 Å². The molecule has 1 saturated heterocycles. The molecule has 1 aliphatic heterocycles. The third-order valence-electron chi connectivity index (χ3n) is 2.50. The quantitative estimate of drug-likeness (QED) is 0.525. The summed E-state index contributed by atoms with van der Waals surface area (Å²) in [5, 5.41) is 0.604. The Morgan fingerprint density at radius 1 is 1.36 bits per heavy atom. The van der Waals surface area contributed by atoms with Crippen LogP contribution in [0, 0.1) is 0 Å². The molecule has 0 aliphatic carbocycles. The van der Waals surface area contributed by atoms with Crippen molar-refractivity contribution in [1.29, 1.82) is 0 Å². The first-order chi connectivity index (χ1) is 6.83. The summed E-state index contributed by atoms with van der Waals surface area (Å²) >= 11 is 0. The minimum Gasteiger partial charge on any atom is -0.300 e. The first-order valence-electron chi connectivity index (χ1n) is 5.63. The molecule has 0 aromatic carbocycles. The molecule has 0 radical (unpaired) electrons. The summed E-state index contributed by atoms with van der Waals surface area (Å²) < 4.78 is 0. The van der Waals surface area contributed by atoms with E-state index in [4.69, 9.17) is 0 Å². The lowest BCUT2D eigenvalue weighted by Gasteiger charge is -2.11. The molecule has 3 heteroatoms. The van der Waals surface area contributed by atoms with E-state index in [1.54, 1.807) is 0 Å². The van der Waals surface area contributed by atoms with E-state index < -0.39 is 0 Å². The minimum absolute atomic E-state index is 0.475. The third kappa shape index (κ3) is 5.30. The van der Waals surface area contributed by atoms with Gasteiger partial charge in [-0.2, -0.15) is 0 Å². The van der Waals surface area contributed by atoms with E-state index in [-0.39, 0.29) is 0 Å². The zero-order valence-electron chi connectivity index (χ0n) is 8.96. The molecule has 0 unspecified atom stereocenters. The predicted molar refractivity (Wildman–Crippen MR) is 66.8 cm³/mol. The Bertz CT molecular complexity index is 171. The van der Waals surface area contributed by atoms with Crippen molar-refractivity contribution in [3.63, 3.8) is 0 Å². The van der Waals surface area contributed by atoms with Crippen molar-refractivity contribution in [3.8, 4) is 0 Å². The van der Waals surface area contributed by atoms with E-state index >= 15 is 0 Å². The Hall–Kier alpha value is 0.370. The lowest BCUT2D eigenvalue weighted by molar-refractivity contribution is -0.118. The van der Waals surface area contributed by atoms with Crippen molar-refractivity contribution in [2.45, 2.75) is 57.1 Å². The van der Waals surface area contributed by atoms with Crippen LogP contribution in [0.15, 0.2) is 0 Å². The van der Waals surface area contributed by atoms with Gasteiger partial charge in [-0.1, -0.05) is 54.2 Å². The standard InChI is InChI=1S/C11H20OS2/c1-2-3-4-5-6-11-9-10(12)7-8-13-14-11/h11H,2-9H2,1H3/t11-/m0/s1.